The summed E-state index contributed by atoms with van der Waals surface area (Å²) in [7, 11) is 1.59. The number of carbonyl (C=O) groups excluding carboxylic acids is 3. The Morgan fingerprint density at radius 3 is 2.59 bits per heavy atom. The molecule has 1 heterocycles. The van der Waals surface area contributed by atoms with Crippen molar-refractivity contribution in [3.8, 4) is 5.75 Å². The fourth-order valence-electron chi connectivity index (χ4n) is 3.34. The van der Waals surface area contributed by atoms with Gasteiger partial charge >= 0.3 is 0 Å². The lowest BCUT2D eigenvalue weighted by molar-refractivity contribution is -0.127. The number of hydrogen-bond acceptors (Lipinski definition) is 5. The standard InChI is InChI=1S/C20H24N2O4S/c1-26-16-9-7-14(8-10-16)13-17-19(24)22(20(25)27-17)12-11-21-18(23)15-5-3-2-4-6-15/h7-10,13,15H,2-6,11-12H2,1H3,(H,21,23)/b17-13-. The van der Waals surface area contributed by atoms with E-state index in [0.717, 1.165) is 48.8 Å². The molecule has 0 unspecified atom stereocenters. The van der Waals surface area contributed by atoms with Gasteiger partial charge in [0.15, 0.2) is 0 Å². The summed E-state index contributed by atoms with van der Waals surface area (Å²) >= 11 is 0.928. The minimum atomic E-state index is -0.312. The molecule has 0 bridgehead atoms. The lowest BCUT2D eigenvalue weighted by atomic mass is 9.89. The first-order valence-electron chi connectivity index (χ1n) is 9.25. The van der Waals surface area contributed by atoms with E-state index in [9.17, 15) is 14.4 Å². The average molecular weight is 388 g/mol. The van der Waals surface area contributed by atoms with Crippen LogP contribution in [-0.4, -0.2) is 42.2 Å². The topological polar surface area (TPSA) is 75.7 Å². The Balaban J connectivity index is 1.54. The summed E-state index contributed by atoms with van der Waals surface area (Å²) in [6.07, 6.45) is 6.94. The molecule has 27 heavy (non-hydrogen) atoms. The summed E-state index contributed by atoms with van der Waals surface area (Å²) in [5.41, 5.74) is 0.826. The molecule has 1 aromatic rings. The minimum Gasteiger partial charge on any atom is -0.497 e. The van der Waals surface area contributed by atoms with Crippen molar-refractivity contribution in [3.63, 3.8) is 0 Å². The molecule has 2 aliphatic rings. The monoisotopic (exact) mass is 388 g/mol. The molecule has 7 heteroatoms. The van der Waals surface area contributed by atoms with Crippen LogP contribution < -0.4 is 10.1 Å². The maximum atomic E-state index is 12.5. The van der Waals surface area contributed by atoms with Crippen molar-refractivity contribution in [2.75, 3.05) is 20.2 Å². The first kappa shape index (κ1) is 19.5. The number of carbonyl (C=O) groups is 3. The maximum Gasteiger partial charge on any atom is 0.293 e. The zero-order valence-corrected chi connectivity index (χ0v) is 16.2. The third-order valence-corrected chi connectivity index (χ3v) is 5.81. The highest BCUT2D eigenvalue weighted by Crippen LogP contribution is 2.32. The van der Waals surface area contributed by atoms with Crippen molar-refractivity contribution in [2.45, 2.75) is 32.1 Å². The van der Waals surface area contributed by atoms with Crippen LogP contribution in [0, 0.1) is 5.92 Å². The van der Waals surface area contributed by atoms with Crippen LogP contribution in [0.3, 0.4) is 0 Å². The number of rotatable bonds is 6. The zero-order valence-electron chi connectivity index (χ0n) is 15.4. The Kier molecular flexibility index (Phi) is 6.55. The Morgan fingerprint density at radius 2 is 1.93 bits per heavy atom. The van der Waals surface area contributed by atoms with Gasteiger partial charge in [0.2, 0.25) is 5.91 Å². The summed E-state index contributed by atoms with van der Waals surface area (Å²) in [5, 5.41) is 2.57. The van der Waals surface area contributed by atoms with Crippen molar-refractivity contribution in [2.24, 2.45) is 5.92 Å². The lowest BCUT2D eigenvalue weighted by Gasteiger charge is -2.21. The van der Waals surface area contributed by atoms with Crippen molar-refractivity contribution < 1.29 is 19.1 Å². The Hall–Kier alpha value is -2.28. The number of imide groups is 1. The summed E-state index contributed by atoms with van der Waals surface area (Å²) in [6, 6.07) is 7.27. The molecule has 3 amide bonds. The number of hydrogen-bond donors (Lipinski definition) is 1. The van der Waals surface area contributed by atoms with Crippen molar-refractivity contribution >= 4 is 34.9 Å². The lowest BCUT2D eigenvalue weighted by Crippen LogP contribution is -2.39. The predicted octanol–water partition coefficient (Wildman–Crippen LogP) is 3.43. The molecule has 3 rings (SSSR count). The molecule has 0 atom stereocenters. The Morgan fingerprint density at radius 1 is 1.22 bits per heavy atom. The fourth-order valence-corrected chi connectivity index (χ4v) is 4.21. The van der Waals surface area contributed by atoms with Gasteiger partial charge in [0.25, 0.3) is 11.1 Å². The van der Waals surface area contributed by atoms with Gasteiger partial charge in [0.1, 0.15) is 5.75 Å². The van der Waals surface area contributed by atoms with E-state index >= 15 is 0 Å². The second-order valence-electron chi connectivity index (χ2n) is 6.73. The van der Waals surface area contributed by atoms with Crippen LogP contribution in [0.1, 0.15) is 37.7 Å². The number of thioether (sulfide) groups is 1. The van der Waals surface area contributed by atoms with Gasteiger partial charge in [-0.25, -0.2) is 0 Å². The molecule has 2 fully saturated rings. The second-order valence-corrected chi connectivity index (χ2v) is 7.73. The van der Waals surface area contributed by atoms with E-state index < -0.39 is 0 Å². The molecule has 0 aromatic heterocycles. The number of amides is 3. The van der Waals surface area contributed by atoms with Gasteiger partial charge in [0, 0.05) is 19.0 Å². The Bertz CT molecular complexity index is 739. The van der Waals surface area contributed by atoms with Gasteiger partial charge in [-0.2, -0.15) is 0 Å². The molecule has 6 nitrogen and oxygen atoms in total. The number of nitrogens with zero attached hydrogens (tertiary/aromatic N) is 1. The average Bonchev–Trinajstić information content (AvgIpc) is 2.96. The molecule has 0 radical (unpaired) electrons. The quantitative estimate of drug-likeness (QED) is 0.756. The zero-order chi connectivity index (χ0) is 19.2. The van der Waals surface area contributed by atoms with Gasteiger partial charge in [-0.3, -0.25) is 19.3 Å². The molecular formula is C20H24N2O4S. The fraction of sp³-hybridized carbons (Fsp3) is 0.450. The van der Waals surface area contributed by atoms with Crippen molar-refractivity contribution in [1.29, 1.82) is 0 Å². The van der Waals surface area contributed by atoms with Crippen LogP contribution >= 0.6 is 11.8 Å². The highest BCUT2D eigenvalue weighted by molar-refractivity contribution is 8.18. The maximum absolute atomic E-state index is 12.5. The molecule has 1 saturated carbocycles. The summed E-state index contributed by atoms with van der Waals surface area (Å²) in [5.74, 6) is 0.528. The molecular weight excluding hydrogens is 364 g/mol. The predicted molar refractivity (Wildman–Crippen MR) is 105 cm³/mol. The smallest absolute Gasteiger partial charge is 0.293 e. The number of methoxy groups -OCH3 is 1. The largest absolute Gasteiger partial charge is 0.497 e. The molecule has 1 aliphatic heterocycles. The van der Waals surface area contributed by atoms with Gasteiger partial charge in [-0.05, 0) is 48.4 Å². The highest BCUT2D eigenvalue weighted by atomic mass is 32.2. The summed E-state index contributed by atoms with van der Waals surface area (Å²) in [6.45, 7) is 0.492. The van der Waals surface area contributed by atoms with Gasteiger partial charge in [0.05, 0.1) is 12.0 Å². The van der Waals surface area contributed by atoms with E-state index in [1.165, 1.54) is 11.3 Å². The molecule has 144 valence electrons. The first-order valence-corrected chi connectivity index (χ1v) is 10.1. The van der Waals surface area contributed by atoms with E-state index in [0.29, 0.717) is 11.4 Å². The second kappa shape index (κ2) is 9.08. The van der Waals surface area contributed by atoms with E-state index in [1.807, 2.05) is 12.1 Å². The van der Waals surface area contributed by atoms with E-state index in [2.05, 4.69) is 5.32 Å². The van der Waals surface area contributed by atoms with Crippen molar-refractivity contribution in [1.82, 2.24) is 10.2 Å². The molecule has 1 N–H and O–H groups in total. The third-order valence-electron chi connectivity index (χ3n) is 4.90. The number of nitrogens with one attached hydrogen (secondary N) is 1. The van der Waals surface area contributed by atoms with E-state index in [1.54, 1.807) is 25.3 Å². The summed E-state index contributed by atoms with van der Waals surface area (Å²) < 4.78 is 5.11. The normalized spacial score (nSPS) is 19.6. The number of benzene rings is 1. The van der Waals surface area contributed by atoms with Crippen LogP contribution in [0.25, 0.3) is 6.08 Å². The molecule has 1 saturated heterocycles. The van der Waals surface area contributed by atoms with Crippen LogP contribution in [0.2, 0.25) is 0 Å². The van der Waals surface area contributed by atoms with Gasteiger partial charge < -0.3 is 10.1 Å². The Labute approximate surface area is 163 Å². The first-order chi connectivity index (χ1) is 13.1. The van der Waals surface area contributed by atoms with Crippen LogP contribution in [0.5, 0.6) is 5.75 Å². The number of ether oxygens (including phenoxy) is 1. The molecule has 1 aliphatic carbocycles. The summed E-state index contributed by atoms with van der Waals surface area (Å²) in [4.78, 5) is 38.4. The van der Waals surface area contributed by atoms with Gasteiger partial charge in [-0.15, -0.1) is 0 Å². The van der Waals surface area contributed by atoms with Crippen molar-refractivity contribution in [3.05, 3.63) is 34.7 Å². The third kappa shape index (κ3) is 4.91. The van der Waals surface area contributed by atoms with Crippen LogP contribution in [0.15, 0.2) is 29.2 Å². The van der Waals surface area contributed by atoms with Crippen LogP contribution in [-0.2, 0) is 9.59 Å². The minimum absolute atomic E-state index is 0.0375. The molecule has 1 aromatic carbocycles. The van der Waals surface area contributed by atoms with E-state index in [-0.39, 0.29) is 29.5 Å². The highest BCUT2D eigenvalue weighted by Gasteiger charge is 2.34. The van der Waals surface area contributed by atoms with Gasteiger partial charge in [-0.1, -0.05) is 31.4 Å². The van der Waals surface area contributed by atoms with Crippen LogP contribution in [0.4, 0.5) is 4.79 Å². The SMILES string of the molecule is COc1ccc(/C=C2\SC(=O)N(CCNC(=O)C3CCCCC3)C2=O)cc1. The van der Waals surface area contributed by atoms with E-state index in [4.69, 9.17) is 4.74 Å². The molecule has 0 spiro atoms.